The molecule has 39 heavy (non-hydrogen) atoms. The van der Waals surface area contributed by atoms with Crippen LogP contribution in [-0.2, 0) is 14.3 Å². The first-order valence-corrected chi connectivity index (χ1v) is 14.6. The molecule has 2 unspecified atom stereocenters. The Morgan fingerprint density at radius 2 is 1.92 bits per heavy atom. The van der Waals surface area contributed by atoms with Gasteiger partial charge in [-0.3, -0.25) is 9.59 Å². The van der Waals surface area contributed by atoms with Gasteiger partial charge in [0.2, 0.25) is 11.8 Å². The van der Waals surface area contributed by atoms with E-state index in [2.05, 4.69) is 35.6 Å². The molecule has 3 aliphatic rings. The fourth-order valence-corrected chi connectivity index (χ4v) is 6.02. The smallest absolute Gasteiger partial charge is 0.249 e. The minimum atomic E-state index is -0.304. The minimum absolute atomic E-state index is 0.0140. The summed E-state index contributed by atoms with van der Waals surface area (Å²) in [4.78, 5) is 39.8. The molecule has 4 rings (SSSR count). The third-order valence-electron chi connectivity index (χ3n) is 8.39. The van der Waals surface area contributed by atoms with E-state index in [-0.39, 0.29) is 29.8 Å². The van der Waals surface area contributed by atoms with Crippen LogP contribution >= 0.6 is 0 Å². The number of likely N-dealkylation sites (N-methyl/N-ethyl adjacent to an activating group) is 1. The number of aliphatic imine (C=N–C) groups is 1. The second kappa shape index (κ2) is 12.9. The zero-order valence-corrected chi connectivity index (χ0v) is 24.3. The van der Waals surface area contributed by atoms with Gasteiger partial charge in [0, 0.05) is 38.4 Å². The molecule has 8 nitrogen and oxygen atoms in total. The van der Waals surface area contributed by atoms with Crippen LogP contribution in [0.15, 0.2) is 41.1 Å². The highest BCUT2D eigenvalue weighted by Crippen LogP contribution is 2.42. The second-order valence-electron chi connectivity index (χ2n) is 11.1. The van der Waals surface area contributed by atoms with Crippen LogP contribution in [0.2, 0.25) is 0 Å². The van der Waals surface area contributed by atoms with Crippen molar-refractivity contribution in [3.63, 3.8) is 0 Å². The topological polar surface area (TPSA) is 87.1 Å². The number of hydrogen-bond donors (Lipinski definition) is 1. The molecule has 1 aromatic rings. The highest BCUT2D eigenvalue weighted by Gasteiger charge is 2.40. The normalized spacial score (nSPS) is 22.2. The number of rotatable bonds is 9. The second-order valence-corrected chi connectivity index (χ2v) is 11.1. The Bertz CT molecular complexity index is 1130. The highest BCUT2D eigenvalue weighted by atomic mass is 16.5. The molecule has 0 aromatic carbocycles. The Hall–Kier alpha value is -3.00. The highest BCUT2D eigenvalue weighted by molar-refractivity contribution is 6.13. The summed E-state index contributed by atoms with van der Waals surface area (Å²) in [5.41, 5.74) is 4.42. The van der Waals surface area contributed by atoms with Crippen LogP contribution < -0.4 is 15.1 Å². The zero-order chi connectivity index (χ0) is 28.1. The average Bonchev–Trinajstić information content (AvgIpc) is 3.48. The van der Waals surface area contributed by atoms with Crippen molar-refractivity contribution < 1.29 is 14.3 Å². The summed E-state index contributed by atoms with van der Waals surface area (Å²) in [6, 6.07) is 2.37. The summed E-state index contributed by atoms with van der Waals surface area (Å²) in [6.07, 6.45) is 11.5. The molecule has 1 aliphatic carbocycles. The summed E-state index contributed by atoms with van der Waals surface area (Å²) in [7, 11) is 1.84. The molecular weight excluding hydrogens is 490 g/mol. The lowest BCUT2D eigenvalue weighted by Crippen LogP contribution is -2.55. The number of ether oxygens (including phenoxy) is 1. The number of carbonyl (C=O) groups excluding carboxylic acids is 2. The molecule has 1 aromatic heterocycles. The summed E-state index contributed by atoms with van der Waals surface area (Å²) >= 11 is 0. The fourth-order valence-electron chi connectivity index (χ4n) is 6.02. The summed E-state index contributed by atoms with van der Waals surface area (Å²) in [5.74, 6) is 0.426. The maximum Gasteiger partial charge on any atom is 0.249 e. The van der Waals surface area contributed by atoms with Gasteiger partial charge in [0.05, 0.1) is 29.2 Å². The van der Waals surface area contributed by atoms with E-state index in [0.717, 1.165) is 66.8 Å². The van der Waals surface area contributed by atoms with E-state index < -0.39 is 0 Å². The number of hydrogen-bond acceptors (Lipinski definition) is 6. The van der Waals surface area contributed by atoms with Crippen LogP contribution in [0.1, 0.15) is 79.1 Å². The van der Waals surface area contributed by atoms with Crippen molar-refractivity contribution in [3.8, 4) is 0 Å². The van der Waals surface area contributed by atoms with Gasteiger partial charge in [-0.05, 0) is 56.6 Å². The number of nitrogens with one attached hydrogen (secondary N) is 1. The van der Waals surface area contributed by atoms with Crippen molar-refractivity contribution in [2.45, 2.75) is 97.2 Å². The number of pyridine rings is 1. The molecular formula is C31H45N5O3. The average molecular weight is 536 g/mol. The molecule has 8 heteroatoms. The van der Waals surface area contributed by atoms with E-state index in [1.54, 1.807) is 11.1 Å². The monoisotopic (exact) mass is 535 g/mol. The van der Waals surface area contributed by atoms with Crippen LogP contribution in [0.25, 0.3) is 0 Å². The SMILES string of the molecule is C=C(CC)C(=Nc1cc2c(cn1)N(C)C(=O)C(CC)N2C1CCCC1)C(C)=CC(C)C(=O)NC1CCOCC1. The van der Waals surface area contributed by atoms with E-state index >= 15 is 0 Å². The predicted molar refractivity (Wildman–Crippen MR) is 158 cm³/mol. The van der Waals surface area contributed by atoms with Crippen LogP contribution in [0.4, 0.5) is 17.2 Å². The fraction of sp³-hybridized carbons (Fsp3) is 0.613. The Labute approximate surface area is 233 Å². The summed E-state index contributed by atoms with van der Waals surface area (Å²) in [6.45, 7) is 13.7. The third-order valence-corrected chi connectivity index (χ3v) is 8.39. The molecule has 2 atom stereocenters. The van der Waals surface area contributed by atoms with Crippen molar-refractivity contribution in [2.75, 3.05) is 30.1 Å². The van der Waals surface area contributed by atoms with Crippen molar-refractivity contribution in [2.24, 2.45) is 10.9 Å². The van der Waals surface area contributed by atoms with Crippen molar-refractivity contribution in [3.05, 3.63) is 36.1 Å². The van der Waals surface area contributed by atoms with Gasteiger partial charge in [0.1, 0.15) is 6.04 Å². The number of allylic oxidation sites excluding steroid dienone is 2. The lowest BCUT2D eigenvalue weighted by molar-refractivity contribution is -0.124. The largest absolute Gasteiger partial charge is 0.381 e. The van der Waals surface area contributed by atoms with Crippen LogP contribution in [0.5, 0.6) is 0 Å². The molecule has 1 N–H and O–H groups in total. The lowest BCUT2D eigenvalue weighted by Gasteiger charge is -2.44. The number of fused-ring (bicyclic) bond motifs is 1. The quantitative estimate of drug-likeness (QED) is 0.422. The molecule has 212 valence electrons. The van der Waals surface area contributed by atoms with Crippen molar-refractivity contribution in [1.82, 2.24) is 10.3 Å². The minimum Gasteiger partial charge on any atom is -0.381 e. The standard InChI is InChI=1S/C31H45N5O3/c1-7-20(3)29(21(4)17-22(5)30(37)33-23-13-15-39-16-14-23)34-28-18-26-27(19-32-28)35(6)31(38)25(8-2)36(26)24-11-9-10-12-24/h17-19,22-25H,3,7-16H2,1-2,4-6H3,(H,33,37). The number of amides is 2. The molecule has 1 saturated heterocycles. The first-order valence-electron chi connectivity index (χ1n) is 14.6. The lowest BCUT2D eigenvalue weighted by atomic mass is 9.98. The van der Waals surface area contributed by atoms with Gasteiger partial charge in [-0.25, -0.2) is 9.98 Å². The van der Waals surface area contributed by atoms with Gasteiger partial charge in [0.25, 0.3) is 0 Å². The molecule has 2 fully saturated rings. The summed E-state index contributed by atoms with van der Waals surface area (Å²) in [5, 5.41) is 3.16. The Morgan fingerprint density at radius 3 is 2.56 bits per heavy atom. The number of nitrogens with zero attached hydrogens (tertiary/aromatic N) is 4. The van der Waals surface area contributed by atoms with Crippen LogP contribution in [0.3, 0.4) is 0 Å². The molecule has 0 bridgehead atoms. The Morgan fingerprint density at radius 1 is 1.23 bits per heavy atom. The molecule has 2 aliphatic heterocycles. The summed E-state index contributed by atoms with van der Waals surface area (Å²) < 4.78 is 5.41. The number of carbonyl (C=O) groups is 2. The van der Waals surface area contributed by atoms with E-state index in [9.17, 15) is 9.59 Å². The maximum atomic E-state index is 13.2. The Kier molecular flexibility index (Phi) is 9.59. The predicted octanol–water partition coefficient (Wildman–Crippen LogP) is 5.50. The van der Waals surface area contributed by atoms with Crippen molar-refractivity contribution in [1.29, 1.82) is 0 Å². The van der Waals surface area contributed by atoms with Gasteiger partial charge in [0.15, 0.2) is 5.82 Å². The zero-order valence-electron chi connectivity index (χ0n) is 24.3. The van der Waals surface area contributed by atoms with E-state index in [4.69, 9.17) is 9.73 Å². The molecule has 3 heterocycles. The van der Waals surface area contributed by atoms with Gasteiger partial charge in [-0.15, -0.1) is 0 Å². The Balaban J connectivity index is 1.65. The maximum absolute atomic E-state index is 13.2. The number of aromatic nitrogens is 1. The van der Waals surface area contributed by atoms with E-state index in [1.165, 1.54) is 12.8 Å². The van der Waals surface area contributed by atoms with Crippen LogP contribution in [0, 0.1) is 5.92 Å². The third kappa shape index (κ3) is 6.43. The van der Waals surface area contributed by atoms with Gasteiger partial charge < -0.3 is 19.9 Å². The van der Waals surface area contributed by atoms with Gasteiger partial charge in [-0.1, -0.05) is 46.3 Å². The van der Waals surface area contributed by atoms with Crippen molar-refractivity contribution >= 4 is 34.7 Å². The van der Waals surface area contributed by atoms with Gasteiger partial charge in [-0.2, -0.15) is 0 Å². The molecule has 0 spiro atoms. The molecule has 0 radical (unpaired) electrons. The number of anilines is 2. The first-order chi connectivity index (χ1) is 18.7. The van der Waals surface area contributed by atoms with Gasteiger partial charge >= 0.3 is 0 Å². The van der Waals surface area contributed by atoms with E-state index in [1.807, 2.05) is 33.0 Å². The molecule has 2 amide bonds. The molecule has 1 saturated carbocycles. The van der Waals surface area contributed by atoms with Crippen LogP contribution in [-0.4, -0.2) is 60.9 Å². The van der Waals surface area contributed by atoms with E-state index in [0.29, 0.717) is 25.1 Å². The first kappa shape index (κ1) is 29.0.